The Morgan fingerprint density at radius 1 is 1.65 bits per heavy atom. The number of likely N-dealkylation sites (tertiary alicyclic amines) is 1. The van der Waals surface area contributed by atoms with Crippen molar-refractivity contribution in [2.24, 2.45) is 0 Å². The first kappa shape index (κ1) is 14.8. The van der Waals surface area contributed by atoms with Gasteiger partial charge in [-0.1, -0.05) is 5.16 Å². The molecule has 0 aromatic carbocycles. The van der Waals surface area contributed by atoms with Crippen molar-refractivity contribution in [3.63, 3.8) is 0 Å². The number of alkyl carbamates (subject to hydrolysis) is 1. The molecule has 7 heteroatoms. The van der Waals surface area contributed by atoms with Crippen molar-refractivity contribution >= 4 is 6.09 Å². The van der Waals surface area contributed by atoms with Crippen molar-refractivity contribution in [1.29, 1.82) is 0 Å². The van der Waals surface area contributed by atoms with Crippen LogP contribution in [-0.4, -0.2) is 46.9 Å². The summed E-state index contributed by atoms with van der Waals surface area (Å²) in [5.41, 5.74) is 0. The molecule has 0 radical (unpaired) electrons. The highest BCUT2D eigenvalue weighted by molar-refractivity contribution is 5.67. The van der Waals surface area contributed by atoms with E-state index < -0.39 is 0 Å². The third-order valence-corrected chi connectivity index (χ3v) is 3.50. The summed E-state index contributed by atoms with van der Waals surface area (Å²) in [6, 6.07) is 0.164. The van der Waals surface area contributed by atoms with Crippen LogP contribution < -0.4 is 5.32 Å². The minimum atomic E-state index is -0.347. The van der Waals surface area contributed by atoms with Crippen LogP contribution in [0.2, 0.25) is 0 Å². The Morgan fingerprint density at radius 2 is 2.45 bits per heavy atom. The van der Waals surface area contributed by atoms with Gasteiger partial charge < -0.3 is 14.6 Å². The highest BCUT2D eigenvalue weighted by Gasteiger charge is 2.28. The first-order valence-electron chi connectivity index (χ1n) is 7.07. The number of aromatic nitrogens is 2. The number of amides is 1. The molecule has 112 valence electrons. The second-order valence-electron chi connectivity index (χ2n) is 5.05. The highest BCUT2D eigenvalue weighted by atomic mass is 16.5. The van der Waals surface area contributed by atoms with E-state index in [0.717, 1.165) is 25.9 Å². The Kier molecular flexibility index (Phi) is 4.94. The molecule has 2 rings (SSSR count). The summed E-state index contributed by atoms with van der Waals surface area (Å²) in [6.45, 7) is 7.76. The second-order valence-corrected chi connectivity index (χ2v) is 5.05. The number of rotatable bonds is 4. The molecule has 1 saturated heterocycles. The number of nitrogens with one attached hydrogen (secondary N) is 1. The van der Waals surface area contributed by atoms with Crippen LogP contribution in [0.4, 0.5) is 4.79 Å². The average Bonchev–Trinajstić information content (AvgIpc) is 2.85. The maximum Gasteiger partial charge on any atom is 0.407 e. The number of ether oxygens (including phenoxy) is 1. The molecule has 1 aliphatic rings. The third-order valence-electron chi connectivity index (χ3n) is 3.50. The zero-order chi connectivity index (χ0) is 14.5. The molecule has 0 bridgehead atoms. The van der Waals surface area contributed by atoms with E-state index in [2.05, 4.69) is 20.4 Å². The summed E-state index contributed by atoms with van der Waals surface area (Å²) >= 11 is 0. The number of hydrogen-bond acceptors (Lipinski definition) is 6. The Hall–Kier alpha value is -1.63. The summed E-state index contributed by atoms with van der Waals surface area (Å²) in [7, 11) is 0. The Balaban J connectivity index is 1.91. The number of hydrogen-bond donors (Lipinski definition) is 1. The Bertz CT molecular complexity index is 449. The molecule has 1 N–H and O–H groups in total. The topological polar surface area (TPSA) is 80.5 Å². The quantitative estimate of drug-likeness (QED) is 0.904. The molecule has 2 heterocycles. The standard InChI is InChI=1S/C13H22N4O3/c1-4-19-13(18)15-11-6-5-7-17(8-11)9(2)12-14-10(3)16-20-12/h9,11H,4-8H2,1-3H3,(H,15,18)/t9-,11+/m0/s1. The van der Waals surface area contributed by atoms with Crippen LogP contribution >= 0.6 is 0 Å². The van der Waals surface area contributed by atoms with Gasteiger partial charge in [-0.2, -0.15) is 4.98 Å². The minimum absolute atomic E-state index is 0.0583. The number of aryl methyl sites for hydroxylation is 1. The Morgan fingerprint density at radius 3 is 3.10 bits per heavy atom. The predicted octanol–water partition coefficient (Wildman–Crippen LogP) is 1.65. The van der Waals surface area contributed by atoms with Gasteiger partial charge in [-0.25, -0.2) is 4.79 Å². The maximum atomic E-state index is 11.5. The molecule has 0 spiro atoms. The molecule has 2 atom stereocenters. The molecule has 0 aliphatic carbocycles. The molecule has 1 aromatic rings. The van der Waals surface area contributed by atoms with Crippen molar-refractivity contribution < 1.29 is 14.1 Å². The van der Waals surface area contributed by atoms with Crippen molar-refractivity contribution in [3.05, 3.63) is 11.7 Å². The van der Waals surface area contributed by atoms with Crippen LogP contribution in [0, 0.1) is 6.92 Å². The van der Waals surface area contributed by atoms with Crippen LogP contribution in [-0.2, 0) is 4.74 Å². The van der Waals surface area contributed by atoms with Crippen molar-refractivity contribution in [1.82, 2.24) is 20.4 Å². The van der Waals surface area contributed by atoms with E-state index in [-0.39, 0.29) is 18.2 Å². The van der Waals surface area contributed by atoms with E-state index in [0.29, 0.717) is 18.3 Å². The van der Waals surface area contributed by atoms with Gasteiger partial charge in [0.1, 0.15) is 0 Å². The van der Waals surface area contributed by atoms with Gasteiger partial charge in [-0.15, -0.1) is 0 Å². The molecule has 0 saturated carbocycles. The van der Waals surface area contributed by atoms with Crippen LogP contribution in [0.3, 0.4) is 0 Å². The zero-order valence-corrected chi connectivity index (χ0v) is 12.3. The van der Waals surface area contributed by atoms with Crippen molar-refractivity contribution in [3.8, 4) is 0 Å². The van der Waals surface area contributed by atoms with E-state index in [1.54, 1.807) is 13.8 Å². The van der Waals surface area contributed by atoms with Crippen molar-refractivity contribution in [2.45, 2.75) is 45.7 Å². The largest absolute Gasteiger partial charge is 0.450 e. The van der Waals surface area contributed by atoms with E-state index in [9.17, 15) is 4.79 Å². The van der Waals surface area contributed by atoms with Gasteiger partial charge in [0, 0.05) is 12.6 Å². The molecular weight excluding hydrogens is 260 g/mol. The predicted molar refractivity (Wildman–Crippen MR) is 72.2 cm³/mol. The lowest BCUT2D eigenvalue weighted by Crippen LogP contribution is -2.48. The molecule has 1 amide bonds. The number of carbonyl (C=O) groups is 1. The second kappa shape index (κ2) is 6.69. The van der Waals surface area contributed by atoms with Gasteiger partial charge in [0.15, 0.2) is 5.82 Å². The molecular formula is C13H22N4O3. The highest BCUT2D eigenvalue weighted by Crippen LogP contribution is 2.23. The maximum absolute atomic E-state index is 11.5. The van der Waals surface area contributed by atoms with Gasteiger partial charge in [-0.05, 0) is 40.2 Å². The summed E-state index contributed by atoms with van der Waals surface area (Å²) in [4.78, 5) is 18.0. The van der Waals surface area contributed by atoms with Gasteiger partial charge in [0.2, 0.25) is 5.89 Å². The molecule has 1 aliphatic heterocycles. The van der Waals surface area contributed by atoms with Gasteiger partial charge >= 0.3 is 6.09 Å². The van der Waals surface area contributed by atoms with Crippen LogP contribution in [0.1, 0.15) is 44.4 Å². The fourth-order valence-electron chi connectivity index (χ4n) is 2.45. The van der Waals surface area contributed by atoms with Crippen LogP contribution in [0.5, 0.6) is 0 Å². The lowest BCUT2D eigenvalue weighted by Gasteiger charge is -2.35. The molecule has 1 fully saturated rings. The monoisotopic (exact) mass is 282 g/mol. The van der Waals surface area contributed by atoms with Crippen molar-refractivity contribution in [2.75, 3.05) is 19.7 Å². The average molecular weight is 282 g/mol. The summed E-state index contributed by atoms with van der Waals surface area (Å²) in [5, 5.41) is 6.71. The van der Waals surface area contributed by atoms with Crippen LogP contribution in [0.25, 0.3) is 0 Å². The van der Waals surface area contributed by atoms with E-state index in [1.165, 1.54) is 0 Å². The Labute approximate surface area is 118 Å². The lowest BCUT2D eigenvalue weighted by atomic mass is 10.0. The van der Waals surface area contributed by atoms with E-state index in [4.69, 9.17) is 9.26 Å². The fraction of sp³-hybridized carbons (Fsp3) is 0.769. The summed E-state index contributed by atoms with van der Waals surface area (Å²) in [5.74, 6) is 1.27. The number of carbonyl (C=O) groups excluding carboxylic acids is 1. The molecule has 20 heavy (non-hydrogen) atoms. The third kappa shape index (κ3) is 3.69. The number of nitrogens with zero attached hydrogens (tertiary/aromatic N) is 3. The van der Waals surface area contributed by atoms with Gasteiger partial charge in [0.25, 0.3) is 0 Å². The SMILES string of the molecule is CCOC(=O)N[C@@H]1CCCN([C@@H](C)c2nc(C)no2)C1. The fourth-order valence-corrected chi connectivity index (χ4v) is 2.45. The first-order valence-corrected chi connectivity index (χ1v) is 7.07. The normalized spacial score (nSPS) is 21.4. The molecule has 7 nitrogen and oxygen atoms in total. The van der Waals surface area contributed by atoms with Crippen LogP contribution in [0.15, 0.2) is 4.52 Å². The number of piperidine rings is 1. The molecule has 0 unspecified atom stereocenters. The van der Waals surface area contributed by atoms with E-state index in [1.807, 2.05) is 6.92 Å². The first-order chi connectivity index (χ1) is 9.60. The minimum Gasteiger partial charge on any atom is -0.450 e. The molecule has 1 aromatic heterocycles. The summed E-state index contributed by atoms with van der Waals surface area (Å²) < 4.78 is 10.1. The van der Waals surface area contributed by atoms with E-state index >= 15 is 0 Å². The smallest absolute Gasteiger partial charge is 0.407 e. The van der Waals surface area contributed by atoms with Gasteiger partial charge in [-0.3, -0.25) is 4.90 Å². The zero-order valence-electron chi connectivity index (χ0n) is 12.3. The lowest BCUT2D eigenvalue weighted by molar-refractivity contribution is 0.110. The summed E-state index contributed by atoms with van der Waals surface area (Å²) in [6.07, 6.45) is 1.64. The van der Waals surface area contributed by atoms with Gasteiger partial charge in [0.05, 0.1) is 12.6 Å².